The Morgan fingerprint density at radius 1 is 1.07 bits per heavy atom. The molecule has 1 N–H and O–H groups in total. The summed E-state index contributed by atoms with van der Waals surface area (Å²) in [6.45, 7) is 2.19. The molecule has 0 bridgehead atoms. The van der Waals surface area contributed by atoms with Crippen LogP contribution in [0.25, 0.3) is 0 Å². The van der Waals surface area contributed by atoms with Crippen molar-refractivity contribution < 1.29 is 24.2 Å². The predicted octanol–water partition coefficient (Wildman–Crippen LogP) is 5.42. The van der Waals surface area contributed by atoms with Gasteiger partial charge in [-0.15, -0.1) is 0 Å². The Labute approximate surface area is 163 Å². The number of allylic oxidation sites excluding steroid dienone is 2. The van der Waals surface area contributed by atoms with Crippen LogP contribution >= 0.6 is 0 Å². The third-order valence-corrected chi connectivity index (χ3v) is 5.21. The van der Waals surface area contributed by atoms with Crippen LogP contribution in [0.5, 0.6) is 0 Å². The van der Waals surface area contributed by atoms with Crippen molar-refractivity contribution in [3.63, 3.8) is 0 Å². The molecule has 2 atom stereocenters. The van der Waals surface area contributed by atoms with Gasteiger partial charge in [-0.2, -0.15) is 0 Å². The topological polar surface area (TPSA) is 80.7 Å². The molecule has 0 aromatic rings. The quantitative estimate of drug-likeness (QED) is 0.167. The van der Waals surface area contributed by atoms with Gasteiger partial charge in [0.1, 0.15) is 0 Å². The van der Waals surface area contributed by atoms with Crippen LogP contribution in [0.3, 0.4) is 0 Å². The standard InChI is InChI=1S/C22H36O5/c1-2-3-4-8-11-14-18(19-17-21(25)27-22(19)26)15-12-9-6-5-7-10-13-16-20(23)24/h12,15,18-19H,2-11,13-14,16-17H2,1H3,(H,23,24)/b15-12+. The van der Waals surface area contributed by atoms with Gasteiger partial charge in [-0.05, 0) is 31.6 Å². The lowest BCUT2D eigenvalue weighted by atomic mass is 9.86. The monoisotopic (exact) mass is 380 g/mol. The average Bonchev–Trinajstić information content (AvgIpc) is 2.96. The third kappa shape index (κ3) is 10.9. The molecule has 1 rings (SSSR count). The number of rotatable bonds is 16. The maximum atomic E-state index is 11.9. The lowest BCUT2D eigenvalue weighted by molar-refractivity contribution is -0.153. The summed E-state index contributed by atoms with van der Waals surface area (Å²) in [5, 5.41) is 8.60. The fraction of sp³-hybridized carbons (Fsp3) is 0.773. The van der Waals surface area contributed by atoms with Gasteiger partial charge >= 0.3 is 17.9 Å². The van der Waals surface area contributed by atoms with E-state index < -0.39 is 11.9 Å². The molecule has 0 aromatic heterocycles. The minimum Gasteiger partial charge on any atom is -0.481 e. The molecule has 1 heterocycles. The molecule has 1 saturated heterocycles. The van der Waals surface area contributed by atoms with Crippen LogP contribution < -0.4 is 0 Å². The van der Waals surface area contributed by atoms with Gasteiger partial charge in [-0.1, -0.05) is 70.4 Å². The van der Waals surface area contributed by atoms with Crippen molar-refractivity contribution in [3.05, 3.63) is 12.2 Å². The Morgan fingerprint density at radius 2 is 1.74 bits per heavy atom. The van der Waals surface area contributed by atoms with Crippen LogP contribution in [-0.2, 0) is 19.1 Å². The van der Waals surface area contributed by atoms with E-state index in [0.29, 0.717) is 0 Å². The minimum atomic E-state index is -0.720. The Kier molecular flexibility index (Phi) is 12.5. The first kappa shape index (κ1) is 23.4. The Balaban J connectivity index is 2.30. The van der Waals surface area contributed by atoms with Crippen LogP contribution in [0.1, 0.15) is 96.8 Å². The second-order valence-corrected chi connectivity index (χ2v) is 7.60. The summed E-state index contributed by atoms with van der Waals surface area (Å²) >= 11 is 0. The average molecular weight is 381 g/mol. The van der Waals surface area contributed by atoms with Crippen molar-refractivity contribution in [3.8, 4) is 0 Å². The maximum absolute atomic E-state index is 11.9. The first-order chi connectivity index (χ1) is 13.0. The van der Waals surface area contributed by atoms with E-state index in [0.717, 1.165) is 51.4 Å². The third-order valence-electron chi connectivity index (χ3n) is 5.21. The summed E-state index contributed by atoms with van der Waals surface area (Å²) in [7, 11) is 0. The number of esters is 2. The number of unbranched alkanes of at least 4 members (excludes halogenated alkanes) is 9. The summed E-state index contributed by atoms with van der Waals surface area (Å²) in [6, 6.07) is 0. The molecule has 5 nitrogen and oxygen atoms in total. The second kappa shape index (κ2) is 14.4. The van der Waals surface area contributed by atoms with Gasteiger partial charge in [0.15, 0.2) is 0 Å². The highest BCUT2D eigenvalue weighted by atomic mass is 16.6. The molecular weight excluding hydrogens is 344 g/mol. The molecule has 2 unspecified atom stereocenters. The molecular formula is C22H36O5. The van der Waals surface area contributed by atoms with Gasteiger partial charge in [0, 0.05) is 6.42 Å². The number of carbonyl (C=O) groups excluding carboxylic acids is 2. The highest BCUT2D eigenvalue weighted by molar-refractivity contribution is 5.94. The first-order valence-corrected chi connectivity index (χ1v) is 10.7. The molecule has 5 heteroatoms. The van der Waals surface area contributed by atoms with E-state index in [9.17, 15) is 14.4 Å². The number of carboxylic acids is 1. The number of carbonyl (C=O) groups is 3. The van der Waals surface area contributed by atoms with Gasteiger partial charge in [-0.25, -0.2) is 0 Å². The molecule has 1 aliphatic rings. The number of ether oxygens (including phenoxy) is 1. The molecule has 0 aliphatic carbocycles. The van der Waals surface area contributed by atoms with Gasteiger partial charge in [0.05, 0.1) is 12.3 Å². The zero-order chi connectivity index (χ0) is 19.9. The zero-order valence-electron chi connectivity index (χ0n) is 16.8. The number of carboxylic acid groups (broad SMARTS) is 1. The molecule has 0 spiro atoms. The van der Waals surface area contributed by atoms with E-state index >= 15 is 0 Å². The molecule has 27 heavy (non-hydrogen) atoms. The lowest BCUT2D eigenvalue weighted by Gasteiger charge is -2.16. The number of hydrogen-bond donors (Lipinski definition) is 1. The number of hydrogen-bond acceptors (Lipinski definition) is 4. The smallest absolute Gasteiger partial charge is 0.317 e. The molecule has 154 valence electrons. The van der Waals surface area contributed by atoms with Crippen LogP contribution in [0, 0.1) is 11.8 Å². The highest BCUT2D eigenvalue weighted by Gasteiger charge is 2.37. The van der Waals surface area contributed by atoms with Crippen molar-refractivity contribution in [1.29, 1.82) is 0 Å². The van der Waals surface area contributed by atoms with Crippen LogP contribution in [-0.4, -0.2) is 23.0 Å². The summed E-state index contributed by atoms with van der Waals surface area (Å²) < 4.78 is 4.75. The zero-order valence-corrected chi connectivity index (χ0v) is 16.8. The summed E-state index contributed by atoms with van der Waals surface area (Å²) in [5.74, 6) is -1.68. The normalized spacial score (nSPS) is 18.2. The maximum Gasteiger partial charge on any atom is 0.317 e. The largest absolute Gasteiger partial charge is 0.481 e. The van der Waals surface area contributed by atoms with E-state index in [1.807, 2.05) is 0 Å². The lowest BCUT2D eigenvalue weighted by Crippen LogP contribution is -2.18. The van der Waals surface area contributed by atoms with Crippen molar-refractivity contribution >= 4 is 17.9 Å². The second-order valence-electron chi connectivity index (χ2n) is 7.60. The highest BCUT2D eigenvalue weighted by Crippen LogP contribution is 2.30. The fourth-order valence-electron chi connectivity index (χ4n) is 3.57. The SMILES string of the molecule is CCCCCCCC(/C=C/CCCCCCCC(=O)O)C1CC(=O)OC1=O. The molecule has 1 aliphatic heterocycles. The van der Waals surface area contributed by atoms with Crippen LogP contribution in [0.15, 0.2) is 12.2 Å². The Bertz CT molecular complexity index is 483. The van der Waals surface area contributed by atoms with Crippen LogP contribution in [0.2, 0.25) is 0 Å². The van der Waals surface area contributed by atoms with Crippen molar-refractivity contribution in [2.24, 2.45) is 11.8 Å². The van der Waals surface area contributed by atoms with Gasteiger partial charge in [0.2, 0.25) is 0 Å². The Hall–Kier alpha value is -1.65. The van der Waals surface area contributed by atoms with E-state index in [1.54, 1.807) is 0 Å². The van der Waals surface area contributed by atoms with Gasteiger partial charge < -0.3 is 9.84 Å². The van der Waals surface area contributed by atoms with E-state index in [2.05, 4.69) is 19.1 Å². The number of aliphatic carboxylic acids is 1. The van der Waals surface area contributed by atoms with Crippen LogP contribution in [0.4, 0.5) is 0 Å². The van der Waals surface area contributed by atoms with E-state index in [1.165, 1.54) is 25.7 Å². The summed E-state index contributed by atoms with van der Waals surface area (Å²) in [4.78, 5) is 33.8. The minimum absolute atomic E-state index is 0.0983. The van der Waals surface area contributed by atoms with Crippen molar-refractivity contribution in [2.45, 2.75) is 96.8 Å². The van der Waals surface area contributed by atoms with Crippen molar-refractivity contribution in [1.82, 2.24) is 0 Å². The molecule has 1 fully saturated rings. The molecule has 0 aromatic carbocycles. The summed E-state index contributed by atoms with van der Waals surface area (Å²) in [6.07, 6.45) is 17.5. The van der Waals surface area contributed by atoms with Gasteiger partial charge in [-0.3, -0.25) is 14.4 Å². The molecule has 0 amide bonds. The predicted molar refractivity (Wildman–Crippen MR) is 105 cm³/mol. The van der Waals surface area contributed by atoms with Crippen molar-refractivity contribution in [2.75, 3.05) is 0 Å². The van der Waals surface area contributed by atoms with E-state index in [4.69, 9.17) is 9.84 Å². The fourth-order valence-corrected chi connectivity index (χ4v) is 3.57. The van der Waals surface area contributed by atoms with Gasteiger partial charge in [0.25, 0.3) is 0 Å². The molecule has 0 saturated carbocycles. The number of cyclic esters (lactones) is 2. The first-order valence-electron chi connectivity index (χ1n) is 10.7. The van der Waals surface area contributed by atoms with E-state index in [-0.39, 0.29) is 30.6 Å². The summed E-state index contributed by atoms with van der Waals surface area (Å²) in [5.41, 5.74) is 0. The molecule has 0 radical (unpaired) electrons. The Morgan fingerprint density at radius 3 is 2.41 bits per heavy atom.